The fourth-order valence-corrected chi connectivity index (χ4v) is 2.46. The first kappa shape index (κ1) is 16.1. The van der Waals surface area contributed by atoms with Gasteiger partial charge in [-0.3, -0.25) is 14.5 Å². The summed E-state index contributed by atoms with van der Waals surface area (Å²) >= 11 is 0. The summed E-state index contributed by atoms with van der Waals surface area (Å²) in [7, 11) is -1.95. The summed E-state index contributed by atoms with van der Waals surface area (Å²) in [6.07, 6.45) is 1.07. The van der Waals surface area contributed by atoms with Gasteiger partial charge in [-0.2, -0.15) is 0 Å². The second-order valence-corrected chi connectivity index (χ2v) is 6.39. The standard InChI is InChI=1S/C13H17N3O5S/c1-20-11-4-3-9(16-22(2,18)19)7-10(11)15-12(17)8-13-14-5-6-21-13/h3-4,7,16H,5-6,8H2,1-2H3,(H,15,17). The Kier molecular flexibility index (Phi) is 4.86. The van der Waals surface area contributed by atoms with Gasteiger partial charge in [-0.25, -0.2) is 8.42 Å². The second kappa shape index (κ2) is 6.65. The van der Waals surface area contributed by atoms with Gasteiger partial charge < -0.3 is 14.8 Å². The summed E-state index contributed by atoms with van der Waals surface area (Å²) in [6, 6.07) is 4.58. The van der Waals surface area contributed by atoms with E-state index in [1.54, 1.807) is 12.1 Å². The molecule has 8 nitrogen and oxygen atoms in total. The van der Waals surface area contributed by atoms with Gasteiger partial charge in [0.2, 0.25) is 15.9 Å². The van der Waals surface area contributed by atoms with Crippen LogP contribution in [0.2, 0.25) is 0 Å². The van der Waals surface area contributed by atoms with E-state index in [1.165, 1.54) is 13.2 Å². The molecule has 1 aromatic carbocycles. The van der Waals surface area contributed by atoms with Crippen molar-refractivity contribution < 1.29 is 22.7 Å². The Morgan fingerprint density at radius 2 is 2.23 bits per heavy atom. The molecular weight excluding hydrogens is 310 g/mol. The highest BCUT2D eigenvalue weighted by atomic mass is 32.2. The normalized spacial score (nSPS) is 14.0. The lowest BCUT2D eigenvalue weighted by atomic mass is 10.2. The van der Waals surface area contributed by atoms with E-state index in [1.807, 2.05) is 0 Å². The highest BCUT2D eigenvalue weighted by molar-refractivity contribution is 7.92. The number of methoxy groups -OCH3 is 1. The summed E-state index contributed by atoms with van der Waals surface area (Å²) in [4.78, 5) is 16.0. The third-order valence-electron chi connectivity index (χ3n) is 2.74. The van der Waals surface area contributed by atoms with Crippen LogP contribution in [0.4, 0.5) is 11.4 Å². The molecule has 0 atom stereocenters. The first-order chi connectivity index (χ1) is 10.4. The summed E-state index contributed by atoms with van der Waals surface area (Å²) in [6.45, 7) is 1.04. The van der Waals surface area contributed by atoms with E-state index in [0.717, 1.165) is 6.26 Å². The largest absolute Gasteiger partial charge is 0.495 e. The lowest BCUT2D eigenvalue weighted by Crippen LogP contribution is -2.17. The van der Waals surface area contributed by atoms with Crippen LogP contribution < -0.4 is 14.8 Å². The topological polar surface area (TPSA) is 106 Å². The molecule has 0 radical (unpaired) electrons. The zero-order valence-electron chi connectivity index (χ0n) is 12.3. The molecule has 9 heteroatoms. The van der Waals surface area contributed by atoms with E-state index >= 15 is 0 Å². The van der Waals surface area contributed by atoms with Crippen molar-refractivity contribution in [3.8, 4) is 5.75 Å². The van der Waals surface area contributed by atoms with E-state index in [0.29, 0.717) is 36.2 Å². The highest BCUT2D eigenvalue weighted by Gasteiger charge is 2.15. The van der Waals surface area contributed by atoms with Crippen molar-refractivity contribution in [1.29, 1.82) is 0 Å². The van der Waals surface area contributed by atoms with Gasteiger partial charge in [0, 0.05) is 0 Å². The average Bonchev–Trinajstić information content (AvgIpc) is 2.90. The van der Waals surface area contributed by atoms with E-state index in [-0.39, 0.29) is 12.3 Å². The Bertz CT molecular complexity index is 700. The van der Waals surface area contributed by atoms with Crippen molar-refractivity contribution in [3.63, 3.8) is 0 Å². The molecule has 0 aliphatic carbocycles. The highest BCUT2D eigenvalue weighted by Crippen LogP contribution is 2.28. The number of aliphatic imine (C=N–C) groups is 1. The lowest BCUT2D eigenvalue weighted by molar-refractivity contribution is -0.115. The number of hydrogen-bond donors (Lipinski definition) is 2. The van der Waals surface area contributed by atoms with Crippen molar-refractivity contribution in [2.24, 2.45) is 4.99 Å². The average molecular weight is 327 g/mol. The molecule has 0 bridgehead atoms. The van der Waals surface area contributed by atoms with Crippen molar-refractivity contribution in [1.82, 2.24) is 0 Å². The number of rotatable bonds is 6. The van der Waals surface area contributed by atoms with Crippen molar-refractivity contribution in [2.45, 2.75) is 6.42 Å². The Labute approximate surface area is 128 Å². The van der Waals surface area contributed by atoms with Crippen molar-refractivity contribution >= 4 is 33.2 Å². The van der Waals surface area contributed by atoms with Crippen LogP contribution in [0, 0.1) is 0 Å². The molecule has 2 N–H and O–H groups in total. The summed E-state index contributed by atoms with van der Waals surface area (Å²) in [5.41, 5.74) is 0.688. The fraction of sp³-hybridized carbons (Fsp3) is 0.385. The molecule has 1 aliphatic heterocycles. The molecule has 1 amide bonds. The number of nitrogens with one attached hydrogen (secondary N) is 2. The molecule has 0 saturated heterocycles. The minimum atomic E-state index is -3.40. The SMILES string of the molecule is COc1ccc(NS(C)(=O)=O)cc1NC(=O)CC1=NCCO1. The van der Waals surface area contributed by atoms with Crippen molar-refractivity contribution in [2.75, 3.05) is 36.6 Å². The quantitative estimate of drug-likeness (QED) is 0.805. The smallest absolute Gasteiger partial charge is 0.233 e. The number of nitrogens with zero attached hydrogens (tertiary/aromatic N) is 1. The van der Waals surface area contributed by atoms with Gasteiger partial charge in [0.1, 0.15) is 18.8 Å². The van der Waals surface area contributed by atoms with Crippen LogP contribution in [0.5, 0.6) is 5.75 Å². The molecule has 22 heavy (non-hydrogen) atoms. The van der Waals surface area contributed by atoms with E-state index in [9.17, 15) is 13.2 Å². The van der Waals surface area contributed by atoms with Gasteiger partial charge in [-0.15, -0.1) is 0 Å². The maximum atomic E-state index is 12.0. The molecule has 2 rings (SSSR count). The third-order valence-corrected chi connectivity index (χ3v) is 3.34. The Morgan fingerprint density at radius 1 is 1.45 bits per heavy atom. The summed E-state index contributed by atoms with van der Waals surface area (Å²) in [5, 5.41) is 2.65. The minimum Gasteiger partial charge on any atom is -0.495 e. The van der Waals surface area contributed by atoms with Gasteiger partial charge in [-0.1, -0.05) is 0 Å². The van der Waals surface area contributed by atoms with Crippen LogP contribution in [-0.2, 0) is 19.6 Å². The van der Waals surface area contributed by atoms with E-state index in [4.69, 9.17) is 9.47 Å². The number of benzene rings is 1. The molecule has 1 aromatic rings. The molecule has 0 aromatic heterocycles. The number of amides is 1. The molecule has 120 valence electrons. The zero-order valence-corrected chi connectivity index (χ0v) is 13.1. The van der Waals surface area contributed by atoms with Crippen LogP contribution >= 0.6 is 0 Å². The van der Waals surface area contributed by atoms with Gasteiger partial charge in [0.25, 0.3) is 0 Å². The molecule has 1 heterocycles. The summed E-state index contributed by atoms with van der Waals surface area (Å²) < 4.78 is 35.2. The fourth-order valence-electron chi connectivity index (χ4n) is 1.90. The van der Waals surface area contributed by atoms with Gasteiger partial charge in [0.05, 0.1) is 31.3 Å². The monoisotopic (exact) mass is 327 g/mol. The molecular formula is C13H17N3O5S. The number of carbonyl (C=O) groups is 1. The van der Waals surface area contributed by atoms with Crippen LogP contribution in [0.3, 0.4) is 0 Å². The Balaban J connectivity index is 2.13. The third kappa shape index (κ3) is 4.62. The molecule has 0 unspecified atom stereocenters. The molecule has 1 aliphatic rings. The van der Waals surface area contributed by atoms with Gasteiger partial charge in [-0.05, 0) is 18.2 Å². The molecule has 0 fully saturated rings. The van der Waals surface area contributed by atoms with Crippen LogP contribution in [0.15, 0.2) is 23.2 Å². The predicted octanol–water partition coefficient (Wildman–Crippen LogP) is 0.824. The van der Waals surface area contributed by atoms with Gasteiger partial charge in [0.15, 0.2) is 5.90 Å². The molecule has 0 spiro atoms. The number of anilines is 2. The zero-order chi connectivity index (χ0) is 16.2. The Morgan fingerprint density at radius 3 is 2.82 bits per heavy atom. The maximum absolute atomic E-state index is 12.0. The van der Waals surface area contributed by atoms with E-state index < -0.39 is 10.0 Å². The van der Waals surface area contributed by atoms with Gasteiger partial charge >= 0.3 is 0 Å². The van der Waals surface area contributed by atoms with Crippen molar-refractivity contribution in [3.05, 3.63) is 18.2 Å². The Hall–Kier alpha value is -2.29. The number of hydrogen-bond acceptors (Lipinski definition) is 6. The maximum Gasteiger partial charge on any atom is 0.233 e. The first-order valence-corrected chi connectivity index (χ1v) is 8.38. The van der Waals surface area contributed by atoms with E-state index in [2.05, 4.69) is 15.0 Å². The van der Waals surface area contributed by atoms with Crippen LogP contribution in [0.1, 0.15) is 6.42 Å². The first-order valence-electron chi connectivity index (χ1n) is 6.49. The minimum absolute atomic E-state index is 0.0207. The molecule has 0 saturated carbocycles. The van der Waals surface area contributed by atoms with Crippen LogP contribution in [-0.4, -0.2) is 46.7 Å². The predicted molar refractivity (Wildman–Crippen MR) is 83.0 cm³/mol. The van der Waals surface area contributed by atoms with Crippen LogP contribution in [0.25, 0.3) is 0 Å². The lowest BCUT2D eigenvalue weighted by Gasteiger charge is -2.12. The summed E-state index contributed by atoms with van der Waals surface area (Å²) in [5.74, 6) is 0.485. The second-order valence-electron chi connectivity index (χ2n) is 4.64. The number of ether oxygens (including phenoxy) is 2. The number of carbonyl (C=O) groups excluding carboxylic acids is 1. The number of sulfonamides is 1.